The van der Waals surface area contributed by atoms with E-state index in [2.05, 4.69) is 33.9 Å². The molecule has 0 N–H and O–H groups in total. The van der Waals surface area contributed by atoms with E-state index in [1.54, 1.807) is 0 Å². The molecule has 0 aromatic rings. The first-order chi connectivity index (χ1) is 10.7. The van der Waals surface area contributed by atoms with Crippen LogP contribution in [-0.2, 0) is 23.4 Å². The summed E-state index contributed by atoms with van der Waals surface area (Å²) in [5, 5.41) is 0.137. The molecule has 1 saturated carbocycles. The van der Waals surface area contributed by atoms with Crippen molar-refractivity contribution in [2.45, 2.75) is 64.3 Å². The third-order valence-electron chi connectivity index (χ3n) is 6.07. The molecule has 2 aliphatic heterocycles. The van der Waals surface area contributed by atoms with Crippen LogP contribution in [0.5, 0.6) is 0 Å². The van der Waals surface area contributed by atoms with Crippen LogP contribution in [-0.4, -0.2) is 34.0 Å². The summed E-state index contributed by atoms with van der Waals surface area (Å²) in [6.45, 7) is 11.2. The lowest BCUT2D eigenvalue weighted by molar-refractivity contribution is -0.181. The molecule has 3 rings (SSSR count). The van der Waals surface area contributed by atoms with Gasteiger partial charge in [-0.15, -0.1) is 0 Å². The van der Waals surface area contributed by atoms with Crippen LogP contribution in [0, 0.1) is 17.8 Å². The van der Waals surface area contributed by atoms with Crippen molar-refractivity contribution in [3.8, 4) is 0 Å². The number of hydrogen-bond donors (Lipinski definition) is 0. The zero-order chi connectivity index (χ0) is 17.0. The zero-order valence-corrected chi connectivity index (χ0v) is 15.9. The molecule has 0 unspecified atom stereocenters. The molecule has 0 radical (unpaired) electrons. The fourth-order valence-corrected chi connectivity index (χ4v) is 4.87. The van der Waals surface area contributed by atoms with Crippen molar-refractivity contribution in [1.29, 1.82) is 0 Å². The van der Waals surface area contributed by atoms with Crippen LogP contribution in [0.3, 0.4) is 0 Å². The monoisotopic (exact) mass is 340 g/mol. The molecule has 0 bridgehead atoms. The van der Waals surface area contributed by atoms with Gasteiger partial charge in [-0.1, -0.05) is 20.8 Å². The molecule has 0 aromatic heterocycles. The van der Waals surface area contributed by atoms with Crippen molar-refractivity contribution >= 4 is 14.3 Å². The van der Waals surface area contributed by atoms with Gasteiger partial charge in [0, 0.05) is 17.8 Å². The van der Waals surface area contributed by atoms with Crippen LogP contribution in [0.2, 0.25) is 18.1 Å². The average Bonchev–Trinajstić information content (AvgIpc) is 3.03. The molecule has 1 saturated heterocycles. The first-order valence-electron chi connectivity index (χ1n) is 8.43. The summed E-state index contributed by atoms with van der Waals surface area (Å²) in [4.78, 5) is 11.9. The van der Waals surface area contributed by atoms with Gasteiger partial charge in [0.2, 0.25) is 6.29 Å². The predicted molar refractivity (Wildman–Crippen MR) is 87.8 cm³/mol. The van der Waals surface area contributed by atoms with Crippen LogP contribution in [0.1, 0.15) is 33.6 Å². The van der Waals surface area contributed by atoms with E-state index in [9.17, 15) is 4.79 Å². The fraction of sp³-hybridized carbons (Fsp3) is 0.824. The Morgan fingerprint density at radius 3 is 2.61 bits per heavy atom. The quantitative estimate of drug-likeness (QED) is 0.582. The van der Waals surface area contributed by atoms with Gasteiger partial charge >= 0.3 is 5.97 Å². The minimum absolute atomic E-state index is 0.137. The highest BCUT2D eigenvalue weighted by molar-refractivity contribution is 6.74. The molecule has 130 valence electrons. The molecule has 2 fully saturated rings. The Morgan fingerprint density at radius 1 is 1.30 bits per heavy atom. The molecule has 6 heteroatoms. The highest BCUT2D eigenvalue weighted by Crippen LogP contribution is 2.54. The molecule has 0 amide bonds. The zero-order valence-electron chi connectivity index (χ0n) is 14.9. The summed E-state index contributed by atoms with van der Waals surface area (Å²) < 4.78 is 23.2. The molecule has 5 atom stereocenters. The SMILES string of the molecule is COC(=O)C1=CO[C@@H]2O[C@@H](O[Si](C)(C)C(C)(C)C)[C@@H]3CC[C@H]1[C@H]23. The van der Waals surface area contributed by atoms with Gasteiger partial charge in [-0.05, 0) is 31.0 Å². The number of esters is 1. The Kier molecular flexibility index (Phi) is 4.14. The van der Waals surface area contributed by atoms with Crippen molar-refractivity contribution in [2.24, 2.45) is 17.8 Å². The Morgan fingerprint density at radius 2 is 2.00 bits per heavy atom. The summed E-state index contributed by atoms with van der Waals surface area (Å²) in [6, 6.07) is 0. The van der Waals surface area contributed by atoms with E-state index >= 15 is 0 Å². The molecule has 23 heavy (non-hydrogen) atoms. The molecular formula is C17H28O5Si. The summed E-state index contributed by atoms with van der Waals surface area (Å²) in [7, 11) is -0.496. The number of ether oxygens (including phenoxy) is 3. The largest absolute Gasteiger partial charge is 0.472 e. The third-order valence-corrected chi connectivity index (χ3v) is 10.5. The summed E-state index contributed by atoms with van der Waals surface area (Å²) in [5.74, 6) is 0.374. The number of carbonyl (C=O) groups is 1. The van der Waals surface area contributed by atoms with Gasteiger partial charge in [-0.25, -0.2) is 4.79 Å². The topological polar surface area (TPSA) is 54.0 Å². The van der Waals surface area contributed by atoms with E-state index in [0.29, 0.717) is 11.5 Å². The highest BCUT2D eigenvalue weighted by Gasteiger charge is 2.58. The lowest BCUT2D eigenvalue weighted by atomic mass is 9.84. The molecule has 1 aliphatic carbocycles. The molecule has 5 nitrogen and oxygen atoms in total. The van der Waals surface area contributed by atoms with Crippen LogP contribution in [0.15, 0.2) is 11.8 Å². The van der Waals surface area contributed by atoms with Gasteiger partial charge in [0.1, 0.15) is 0 Å². The molecule has 0 spiro atoms. The maximum atomic E-state index is 11.9. The van der Waals surface area contributed by atoms with Crippen LogP contribution < -0.4 is 0 Å². The molecule has 3 aliphatic rings. The van der Waals surface area contributed by atoms with E-state index < -0.39 is 8.32 Å². The lowest BCUT2D eigenvalue weighted by Crippen LogP contribution is -2.45. The third kappa shape index (κ3) is 2.74. The van der Waals surface area contributed by atoms with Crippen molar-refractivity contribution in [3.05, 3.63) is 11.8 Å². The summed E-state index contributed by atoms with van der Waals surface area (Å²) >= 11 is 0. The second-order valence-corrected chi connectivity index (χ2v) is 13.1. The minimum atomic E-state index is -1.91. The molecule has 2 heterocycles. The summed E-state index contributed by atoms with van der Waals surface area (Å²) in [5.41, 5.74) is 0.646. The Labute approximate surface area is 139 Å². The van der Waals surface area contributed by atoms with E-state index in [0.717, 1.165) is 12.8 Å². The molecule has 0 aromatic carbocycles. The number of methoxy groups -OCH3 is 1. The smallest absolute Gasteiger partial charge is 0.337 e. The first kappa shape index (κ1) is 17.0. The standard InChI is InChI=1S/C17H28O5Si/c1-17(2,3)23(5,6)22-15-11-8-7-10-12(14(18)19-4)9-20-16(21-15)13(10)11/h9-11,13,15-16H,7-8H2,1-6H3/t10-,11-,13+,15+,16-/m1/s1. The van der Waals surface area contributed by atoms with E-state index in [4.69, 9.17) is 18.6 Å². The highest BCUT2D eigenvalue weighted by atomic mass is 28.4. The van der Waals surface area contributed by atoms with E-state index in [-0.39, 0.29) is 35.4 Å². The first-order valence-corrected chi connectivity index (χ1v) is 11.3. The second-order valence-electron chi connectivity index (χ2n) is 8.38. The van der Waals surface area contributed by atoms with Crippen molar-refractivity contribution < 1.29 is 23.4 Å². The van der Waals surface area contributed by atoms with Crippen molar-refractivity contribution in [3.63, 3.8) is 0 Å². The van der Waals surface area contributed by atoms with Gasteiger partial charge in [-0.2, -0.15) is 0 Å². The number of carbonyl (C=O) groups excluding carboxylic acids is 1. The minimum Gasteiger partial charge on any atom is -0.472 e. The number of rotatable bonds is 3. The van der Waals surface area contributed by atoms with Gasteiger partial charge in [0.25, 0.3) is 0 Å². The normalized spacial score (nSPS) is 36.3. The Hall–Kier alpha value is -0.853. The lowest BCUT2D eigenvalue weighted by Gasteiger charge is -2.39. The van der Waals surface area contributed by atoms with Crippen LogP contribution in [0.25, 0.3) is 0 Å². The second kappa shape index (κ2) is 5.60. The van der Waals surface area contributed by atoms with Gasteiger partial charge in [0.15, 0.2) is 14.6 Å². The molecular weight excluding hydrogens is 312 g/mol. The van der Waals surface area contributed by atoms with Gasteiger partial charge < -0.3 is 18.6 Å². The van der Waals surface area contributed by atoms with Crippen molar-refractivity contribution in [2.75, 3.05) is 7.11 Å². The summed E-state index contributed by atoms with van der Waals surface area (Å²) in [6.07, 6.45) is 2.99. The van der Waals surface area contributed by atoms with Crippen LogP contribution in [0.4, 0.5) is 0 Å². The Balaban J connectivity index is 1.77. The van der Waals surface area contributed by atoms with Gasteiger partial charge in [0.05, 0.1) is 18.9 Å². The predicted octanol–water partition coefficient (Wildman–Crippen LogP) is 3.42. The fourth-order valence-electron chi connectivity index (χ4n) is 3.70. The van der Waals surface area contributed by atoms with Crippen LogP contribution >= 0.6 is 0 Å². The Bertz CT molecular complexity index is 522. The van der Waals surface area contributed by atoms with E-state index in [1.807, 2.05) is 0 Å². The maximum absolute atomic E-state index is 11.9. The van der Waals surface area contributed by atoms with E-state index in [1.165, 1.54) is 13.4 Å². The average molecular weight is 340 g/mol. The van der Waals surface area contributed by atoms with Crippen molar-refractivity contribution in [1.82, 2.24) is 0 Å². The maximum Gasteiger partial charge on any atom is 0.337 e. The van der Waals surface area contributed by atoms with Gasteiger partial charge in [-0.3, -0.25) is 0 Å². The number of hydrogen-bond acceptors (Lipinski definition) is 5.